The summed E-state index contributed by atoms with van der Waals surface area (Å²) in [5, 5.41) is 0. The minimum absolute atomic E-state index is 0.0677. The zero-order valence-corrected chi connectivity index (χ0v) is 15.0. The van der Waals surface area contributed by atoms with Crippen molar-refractivity contribution in [3.8, 4) is 0 Å². The van der Waals surface area contributed by atoms with Gasteiger partial charge in [-0.25, -0.2) is 0 Å². The summed E-state index contributed by atoms with van der Waals surface area (Å²) in [6.07, 6.45) is 1.39. The second kappa shape index (κ2) is 7.87. The molecule has 25 heavy (non-hydrogen) atoms. The molecule has 0 aromatic heterocycles. The number of amides is 2. The lowest BCUT2D eigenvalue weighted by Crippen LogP contribution is -2.51. The van der Waals surface area contributed by atoms with Gasteiger partial charge in [0, 0.05) is 50.9 Å². The van der Waals surface area contributed by atoms with Gasteiger partial charge in [0.2, 0.25) is 11.8 Å². The maximum Gasteiger partial charge on any atom is 0.236 e. The van der Waals surface area contributed by atoms with Crippen LogP contribution in [0.15, 0.2) is 24.3 Å². The zero-order valence-electron chi connectivity index (χ0n) is 15.0. The lowest BCUT2D eigenvalue weighted by molar-refractivity contribution is -0.136. The number of piperazine rings is 1. The van der Waals surface area contributed by atoms with Gasteiger partial charge in [-0.3, -0.25) is 14.5 Å². The van der Waals surface area contributed by atoms with Gasteiger partial charge in [-0.2, -0.15) is 0 Å². The highest BCUT2D eigenvalue weighted by Crippen LogP contribution is 2.19. The Hall–Kier alpha value is -2.08. The molecule has 2 amide bonds. The van der Waals surface area contributed by atoms with Crippen LogP contribution in [-0.2, 0) is 9.59 Å². The predicted molar refractivity (Wildman–Crippen MR) is 98.3 cm³/mol. The molecule has 0 radical (unpaired) electrons. The minimum Gasteiger partial charge on any atom is -0.369 e. The van der Waals surface area contributed by atoms with Gasteiger partial charge >= 0.3 is 0 Å². The van der Waals surface area contributed by atoms with Gasteiger partial charge in [0.05, 0.1) is 6.54 Å². The van der Waals surface area contributed by atoms with E-state index in [-0.39, 0.29) is 17.7 Å². The quantitative estimate of drug-likeness (QED) is 0.879. The van der Waals surface area contributed by atoms with E-state index in [1.165, 1.54) is 11.3 Å². The Morgan fingerprint density at radius 3 is 2.36 bits per heavy atom. The first-order valence-electron chi connectivity index (χ1n) is 9.14. The van der Waals surface area contributed by atoms with Crippen LogP contribution in [0.5, 0.6) is 0 Å². The maximum absolute atomic E-state index is 12.5. The summed E-state index contributed by atoms with van der Waals surface area (Å²) in [6.45, 7) is 7.57. The average Bonchev–Trinajstić information content (AvgIpc) is 2.62. The van der Waals surface area contributed by atoms with Crippen molar-refractivity contribution in [2.24, 2.45) is 11.7 Å². The van der Waals surface area contributed by atoms with Gasteiger partial charge in [0.15, 0.2) is 0 Å². The Morgan fingerprint density at radius 2 is 1.76 bits per heavy atom. The van der Waals surface area contributed by atoms with Gasteiger partial charge in [-0.05, 0) is 37.5 Å². The summed E-state index contributed by atoms with van der Waals surface area (Å²) in [6, 6.07) is 8.57. The number of hydrogen-bond donors (Lipinski definition) is 1. The van der Waals surface area contributed by atoms with E-state index in [2.05, 4.69) is 41.0 Å². The first-order chi connectivity index (χ1) is 12.0. The van der Waals surface area contributed by atoms with E-state index in [9.17, 15) is 9.59 Å². The van der Waals surface area contributed by atoms with Crippen LogP contribution in [0, 0.1) is 12.8 Å². The number of hydrogen-bond acceptors (Lipinski definition) is 4. The Balaban J connectivity index is 1.44. The first kappa shape index (κ1) is 17.7. The number of nitrogens with zero attached hydrogens (tertiary/aromatic N) is 3. The van der Waals surface area contributed by atoms with Crippen molar-refractivity contribution in [1.29, 1.82) is 0 Å². The molecule has 0 unspecified atom stereocenters. The van der Waals surface area contributed by atoms with Crippen molar-refractivity contribution >= 4 is 17.5 Å². The van der Waals surface area contributed by atoms with Crippen LogP contribution in [0.4, 0.5) is 5.69 Å². The largest absolute Gasteiger partial charge is 0.369 e. The molecule has 2 aliphatic rings. The SMILES string of the molecule is Cc1cccc(N2CCN(CC(=O)N3CCC(C(N)=O)CC3)CC2)c1. The molecule has 0 atom stereocenters. The molecular formula is C19H28N4O2. The van der Waals surface area contributed by atoms with Crippen LogP contribution in [-0.4, -0.2) is 67.4 Å². The summed E-state index contributed by atoms with van der Waals surface area (Å²) in [4.78, 5) is 30.2. The second-order valence-electron chi connectivity index (χ2n) is 7.16. The number of carbonyl (C=O) groups excluding carboxylic acids is 2. The Bertz CT molecular complexity index is 618. The first-order valence-corrected chi connectivity index (χ1v) is 9.14. The van der Waals surface area contributed by atoms with E-state index in [4.69, 9.17) is 5.73 Å². The molecule has 0 saturated carbocycles. The Kier molecular flexibility index (Phi) is 5.58. The number of nitrogens with two attached hydrogens (primary N) is 1. The van der Waals surface area contributed by atoms with Gasteiger partial charge < -0.3 is 15.5 Å². The fourth-order valence-corrected chi connectivity index (χ4v) is 3.69. The van der Waals surface area contributed by atoms with Crippen molar-refractivity contribution in [2.45, 2.75) is 19.8 Å². The van der Waals surface area contributed by atoms with Crippen molar-refractivity contribution < 1.29 is 9.59 Å². The number of primary amides is 1. The van der Waals surface area contributed by atoms with Gasteiger partial charge in [0.1, 0.15) is 0 Å². The lowest BCUT2D eigenvalue weighted by Gasteiger charge is -2.37. The van der Waals surface area contributed by atoms with Crippen LogP contribution in [0.1, 0.15) is 18.4 Å². The predicted octanol–water partition coefficient (Wildman–Crippen LogP) is 0.841. The zero-order chi connectivity index (χ0) is 17.8. The number of carbonyl (C=O) groups is 2. The van der Waals surface area contributed by atoms with E-state index >= 15 is 0 Å². The fourth-order valence-electron chi connectivity index (χ4n) is 3.69. The lowest BCUT2D eigenvalue weighted by atomic mass is 9.96. The maximum atomic E-state index is 12.5. The summed E-state index contributed by atoms with van der Waals surface area (Å²) in [7, 11) is 0. The van der Waals surface area contributed by atoms with E-state index in [0.29, 0.717) is 32.5 Å². The fraction of sp³-hybridized carbons (Fsp3) is 0.579. The van der Waals surface area contributed by atoms with Crippen molar-refractivity contribution in [3.63, 3.8) is 0 Å². The standard InChI is InChI=1S/C19H28N4O2/c1-15-3-2-4-17(13-15)22-11-9-21(10-12-22)14-18(24)23-7-5-16(6-8-23)19(20)25/h2-4,13,16H,5-12,14H2,1H3,(H2,20,25). The number of aryl methyl sites for hydroxylation is 1. The minimum atomic E-state index is -0.237. The molecule has 0 aliphatic carbocycles. The van der Waals surface area contributed by atoms with Crippen LogP contribution in [0.3, 0.4) is 0 Å². The molecule has 2 heterocycles. The molecule has 1 aromatic carbocycles. The highest BCUT2D eigenvalue weighted by Gasteiger charge is 2.27. The molecule has 0 bridgehead atoms. The molecule has 6 heteroatoms. The monoisotopic (exact) mass is 344 g/mol. The van der Waals surface area contributed by atoms with Crippen LogP contribution in [0.2, 0.25) is 0 Å². The Morgan fingerprint density at radius 1 is 1.08 bits per heavy atom. The van der Waals surface area contributed by atoms with E-state index in [1.54, 1.807) is 0 Å². The molecule has 2 fully saturated rings. The molecule has 6 nitrogen and oxygen atoms in total. The highest BCUT2D eigenvalue weighted by molar-refractivity contribution is 5.80. The second-order valence-corrected chi connectivity index (χ2v) is 7.16. The molecule has 2 saturated heterocycles. The average molecular weight is 344 g/mol. The van der Waals surface area contributed by atoms with Crippen molar-refractivity contribution in [2.75, 3.05) is 50.7 Å². The summed E-state index contributed by atoms with van der Waals surface area (Å²) >= 11 is 0. The third kappa shape index (κ3) is 4.51. The van der Waals surface area contributed by atoms with Crippen molar-refractivity contribution in [1.82, 2.24) is 9.80 Å². The molecule has 2 N–H and O–H groups in total. The summed E-state index contributed by atoms with van der Waals surface area (Å²) in [5.74, 6) is -0.131. The molecule has 1 aromatic rings. The summed E-state index contributed by atoms with van der Waals surface area (Å²) in [5.41, 5.74) is 7.89. The Labute approximate surface area is 149 Å². The number of anilines is 1. The molecule has 136 valence electrons. The highest BCUT2D eigenvalue weighted by atomic mass is 16.2. The third-order valence-electron chi connectivity index (χ3n) is 5.35. The molecule has 2 aliphatic heterocycles. The number of benzene rings is 1. The van der Waals surface area contributed by atoms with E-state index in [1.807, 2.05) is 4.90 Å². The van der Waals surface area contributed by atoms with E-state index in [0.717, 1.165) is 26.2 Å². The normalized spacial score (nSPS) is 19.9. The van der Waals surface area contributed by atoms with Crippen LogP contribution < -0.4 is 10.6 Å². The topological polar surface area (TPSA) is 69.9 Å². The number of rotatable bonds is 4. The van der Waals surface area contributed by atoms with Crippen LogP contribution >= 0.6 is 0 Å². The smallest absolute Gasteiger partial charge is 0.236 e. The van der Waals surface area contributed by atoms with Gasteiger partial charge in [0.25, 0.3) is 0 Å². The van der Waals surface area contributed by atoms with E-state index < -0.39 is 0 Å². The molecule has 0 spiro atoms. The molecule has 3 rings (SSSR count). The summed E-state index contributed by atoms with van der Waals surface area (Å²) < 4.78 is 0. The van der Waals surface area contributed by atoms with Gasteiger partial charge in [-0.1, -0.05) is 12.1 Å². The number of piperidine rings is 1. The van der Waals surface area contributed by atoms with Crippen molar-refractivity contribution in [3.05, 3.63) is 29.8 Å². The number of likely N-dealkylation sites (tertiary alicyclic amines) is 1. The van der Waals surface area contributed by atoms with Gasteiger partial charge in [-0.15, -0.1) is 0 Å². The van der Waals surface area contributed by atoms with Crippen LogP contribution in [0.25, 0.3) is 0 Å². The molecular weight excluding hydrogens is 316 g/mol. The third-order valence-corrected chi connectivity index (χ3v) is 5.35.